The van der Waals surface area contributed by atoms with Crippen LogP contribution in [0.1, 0.15) is 389 Å². The van der Waals surface area contributed by atoms with Gasteiger partial charge in [-0.05, 0) is 117 Å². The lowest BCUT2D eigenvalue weighted by Crippen LogP contribution is -2.23. The molecule has 5 rings (SSSR count). The number of carbonyl (C=O) groups is 4. The zero-order valence-electron chi connectivity index (χ0n) is 54.1. The average Bonchev–Trinajstić information content (AvgIpc) is 4.26. The largest absolute Gasteiger partial charge is 0.495 e. The van der Waals surface area contributed by atoms with E-state index in [1.165, 1.54) is 250 Å². The smallest absolute Gasteiger partial charge is 0.306 e. The van der Waals surface area contributed by atoms with Crippen LogP contribution in [-0.2, 0) is 42.9 Å². The van der Waals surface area contributed by atoms with Crippen LogP contribution in [0.4, 0.5) is 0 Å². The van der Waals surface area contributed by atoms with Gasteiger partial charge in [-0.25, -0.2) is 0 Å². The minimum Gasteiger partial charge on any atom is -0.495 e. The number of cyclic esters (lactones) is 4. The Labute approximate surface area is 495 Å². The van der Waals surface area contributed by atoms with Gasteiger partial charge in [-0.3, -0.25) is 19.2 Å². The van der Waals surface area contributed by atoms with Crippen LogP contribution in [-0.4, -0.2) is 53.4 Å². The predicted octanol–water partition coefficient (Wildman–Crippen LogP) is 22.1. The number of carbonyl (C=O) groups excluding carboxylic acids is 4. The molecule has 5 aliphatic heterocycles. The second-order valence-electron chi connectivity index (χ2n) is 25.5. The molecule has 0 amide bonds. The molecule has 0 aliphatic carbocycles. The van der Waals surface area contributed by atoms with E-state index in [4.69, 9.17) is 23.7 Å². The molecule has 80 heavy (non-hydrogen) atoms. The predicted molar refractivity (Wildman–Crippen MR) is 336 cm³/mol. The Bertz CT molecular complexity index is 1490. The van der Waals surface area contributed by atoms with E-state index in [9.17, 15) is 19.2 Å². The van der Waals surface area contributed by atoms with E-state index in [0.29, 0.717) is 31.8 Å². The highest BCUT2D eigenvalue weighted by Crippen LogP contribution is 2.33. The van der Waals surface area contributed by atoms with Crippen molar-refractivity contribution < 1.29 is 42.9 Å². The fraction of sp³-hybridized carbons (Fsp3) is 0.915. The first-order valence-corrected chi connectivity index (χ1v) is 35.0. The van der Waals surface area contributed by atoms with E-state index in [2.05, 4.69) is 55.0 Å². The third-order valence-corrected chi connectivity index (χ3v) is 17.2. The molecule has 5 saturated heterocycles. The highest BCUT2D eigenvalue weighted by Gasteiger charge is 2.36. The standard InChI is InChI=1S/C15H28O2.C15H28O.2C14H26O2.C13H24O2/c1-2-3-4-5-6-7-8-9-10-11-14-12-13-15(16)17-14;1-3-4-5-6-7-8-9-10-11-15-13-12-14(2)16-15;1-3-4-5-6-7-8-9-11-14(2)12-10-13(15)16-14;1-2-3-4-5-6-7-8-10-13-11-9-12-14(15)16-13;1-3-4-5-6-7-8-10-13(2)11-9-12(14)15-13/h14H,2-13H2,1H3;15H,2-13H2,1H3;3-12H2,1-2H3;13H,2-12H2,1H3;3-11H2,1-2H3. The Kier molecular flexibility index (Phi) is 49.0. The van der Waals surface area contributed by atoms with Gasteiger partial charge in [-0.15, -0.1) is 0 Å². The molecule has 0 aromatic carbocycles. The molecule has 0 bridgehead atoms. The molecule has 0 saturated carbocycles. The van der Waals surface area contributed by atoms with E-state index < -0.39 is 0 Å². The Morgan fingerprint density at radius 2 is 0.625 bits per heavy atom. The average molecular weight is 1130 g/mol. The number of hydrogen-bond acceptors (Lipinski definition) is 9. The van der Waals surface area contributed by atoms with Crippen LogP contribution in [0.2, 0.25) is 0 Å². The minimum absolute atomic E-state index is 0.00549. The van der Waals surface area contributed by atoms with Crippen molar-refractivity contribution in [1.29, 1.82) is 0 Å². The molecule has 0 radical (unpaired) electrons. The van der Waals surface area contributed by atoms with E-state index in [1.54, 1.807) is 0 Å². The van der Waals surface area contributed by atoms with Crippen LogP contribution >= 0.6 is 0 Å². The van der Waals surface area contributed by atoms with Gasteiger partial charge in [-0.1, -0.05) is 247 Å². The zero-order chi connectivity index (χ0) is 58.6. The first-order valence-electron chi connectivity index (χ1n) is 35.0. The number of esters is 4. The molecule has 5 aliphatic rings. The van der Waals surface area contributed by atoms with Crippen molar-refractivity contribution in [2.24, 2.45) is 0 Å². The normalized spacial score (nSPS) is 22.1. The van der Waals surface area contributed by atoms with Gasteiger partial charge < -0.3 is 23.7 Å². The van der Waals surface area contributed by atoms with E-state index in [0.717, 1.165) is 70.0 Å². The van der Waals surface area contributed by atoms with Crippen LogP contribution in [0, 0.1) is 0 Å². The van der Waals surface area contributed by atoms with Crippen LogP contribution < -0.4 is 0 Å². The molecule has 0 aromatic heterocycles. The summed E-state index contributed by atoms with van der Waals surface area (Å²) in [4.78, 5) is 44.0. The monoisotopic (exact) mass is 1130 g/mol. The molecule has 5 heterocycles. The van der Waals surface area contributed by atoms with Gasteiger partial charge in [0.15, 0.2) is 0 Å². The third kappa shape index (κ3) is 44.9. The Morgan fingerprint density at radius 3 is 0.912 bits per heavy atom. The lowest BCUT2D eigenvalue weighted by molar-refractivity contribution is -0.154. The maximum absolute atomic E-state index is 11.1. The summed E-state index contributed by atoms with van der Waals surface area (Å²) in [5, 5.41) is 0. The molecule has 5 fully saturated rings. The van der Waals surface area contributed by atoms with Gasteiger partial charge in [0.05, 0.1) is 11.9 Å². The summed E-state index contributed by atoms with van der Waals surface area (Å²) in [7, 11) is 0. The second kappa shape index (κ2) is 52.0. The van der Waals surface area contributed by atoms with Crippen molar-refractivity contribution >= 4 is 23.9 Å². The summed E-state index contributed by atoms with van der Waals surface area (Å²) in [6, 6.07) is 0. The lowest BCUT2D eigenvalue weighted by Gasteiger charge is -2.22. The molecule has 5 atom stereocenters. The van der Waals surface area contributed by atoms with Crippen molar-refractivity contribution in [2.45, 2.75) is 418 Å². The summed E-state index contributed by atoms with van der Waals surface area (Å²) in [5.74, 6) is 1.00. The van der Waals surface area contributed by atoms with Crippen molar-refractivity contribution in [3.63, 3.8) is 0 Å². The molecule has 0 N–H and O–H groups in total. The van der Waals surface area contributed by atoms with Crippen LogP contribution in [0.25, 0.3) is 0 Å². The molecule has 5 unspecified atom stereocenters. The number of unbranched alkanes of at least 4 members (excludes halogenated alkanes) is 32. The molecular formula is C71H132O9. The van der Waals surface area contributed by atoms with Crippen molar-refractivity contribution in [3.05, 3.63) is 12.3 Å². The van der Waals surface area contributed by atoms with Gasteiger partial charge >= 0.3 is 23.9 Å². The SMILES string of the molecule is C=C1CCC(CCCCCCCCCC)O1.CCCCCCCCC1(C)CCC(=O)O1.CCCCCCCCCC1(C)CCC(=O)O1.CCCCCCCCCC1CCCC(=O)O1.CCCCCCCCCCCC1CCC(=O)O1. The maximum Gasteiger partial charge on any atom is 0.306 e. The molecule has 9 nitrogen and oxygen atoms in total. The maximum atomic E-state index is 11.1. The Morgan fingerprint density at radius 1 is 0.338 bits per heavy atom. The highest BCUT2D eigenvalue weighted by molar-refractivity contribution is 5.72. The van der Waals surface area contributed by atoms with Crippen molar-refractivity contribution in [1.82, 2.24) is 0 Å². The minimum atomic E-state index is -0.138. The number of hydrogen-bond donors (Lipinski definition) is 0. The molecular weight excluding hydrogens is 997 g/mol. The summed E-state index contributed by atoms with van der Waals surface area (Å²) in [6.45, 7) is 19.3. The van der Waals surface area contributed by atoms with Crippen LogP contribution in [0.5, 0.6) is 0 Å². The van der Waals surface area contributed by atoms with Gasteiger partial charge in [-0.2, -0.15) is 0 Å². The Balaban J connectivity index is 0.000000500. The van der Waals surface area contributed by atoms with E-state index >= 15 is 0 Å². The topological polar surface area (TPSA) is 114 Å². The fourth-order valence-corrected chi connectivity index (χ4v) is 11.7. The summed E-state index contributed by atoms with van der Waals surface area (Å²) >= 11 is 0. The van der Waals surface area contributed by atoms with Crippen molar-refractivity contribution in [3.8, 4) is 0 Å². The van der Waals surface area contributed by atoms with Crippen LogP contribution in [0.3, 0.4) is 0 Å². The molecule has 0 aromatic rings. The van der Waals surface area contributed by atoms with Gasteiger partial charge in [0.25, 0.3) is 0 Å². The fourth-order valence-electron chi connectivity index (χ4n) is 11.7. The number of allylic oxidation sites excluding steroid dienone is 1. The molecule has 470 valence electrons. The molecule has 9 heteroatoms. The van der Waals surface area contributed by atoms with E-state index in [-0.39, 0.29) is 47.3 Å². The van der Waals surface area contributed by atoms with Gasteiger partial charge in [0, 0.05) is 32.1 Å². The van der Waals surface area contributed by atoms with Crippen molar-refractivity contribution in [2.75, 3.05) is 0 Å². The summed E-state index contributed by atoms with van der Waals surface area (Å²) in [5.41, 5.74) is -0.275. The lowest BCUT2D eigenvalue weighted by atomic mass is 9.95. The summed E-state index contributed by atoms with van der Waals surface area (Å²) in [6.07, 6.45) is 66.0. The highest BCUT2D eigenvalue weighted by atomic mass is 16.6. The molecule has 0 spiro atoms. The third-order valence-electron chi connectivity index (χ3n) is 17.2. The van der Waals surface area contributed by atoms with Gasteiger partial charge in [0.2, 0.25) is 0 Å². The van der Waals surface area contributed by atoms with Crippen LogP contribution in [0.15, 0.2) is 12.3 Å². The quantitative estimate of drug-likeness (QED) is 0.0335. The number of ether oxygens (including phenoxy) is 5. The first-order chi connectivity index (χ1) is 38.8. The number of rotatable bonds is 42. The van der Waals surface area contributed by atoms with E-state index in [1.807, 2.05) is 0 Å². The Hall–Kier alpha value is -2.58. The van der Waals surface area contributed by atoms with Gasteiger partial charge in [0.1, 0.15) is 23.4 Å². The zero-order valence-corrected chi connectivity index (χ0v) is 54.1. The summed E-state index contributed by atoms with van der Waals surface area (Å²) < 4.78 is 26.8. The second-order valence-corrected chi connectivity index (χ2v) is 25.5. The first kappa shape index (κ1) is 75.4.